The van der Waals surface area contributed by atoms with Crippen molar-refractivity contribution in [2.24, 2.45) is 0 Å². The van der Waals surface area contributed by atoms with Crippen LogP contribution in [0.15, 0.2) is 59.8 Å². The van der Waals surface area contributed by atoms with Gasteiger partial charge >= 0.3 is 0 Å². The number of nitrogens with one attached hydrogen (secondary N) is 2. The van der Waals surface area contributed by atoms with E-state index >= 15 is 0 Å². The molecule has 0 saturated carbocycles. The molecule has 1 aromatic heterocycles. The van der Waals surface area contributed by atoms with Crippen molar-refractivity contribution in [2.75, 3.05) is 10.7 Å². The van der Waals surface area contributed by atoms with Gasteiger partial charge in [-0.3, -0.25) is 4.79 Å². The first kappa shape index (κ1) is 19.5. The summed E-state index contributed by atoms with van der Waals surface area (Å²) in [5.41, 5.74) is 6.55. The highest BCUT2D eigenvalue weighted by Gasteiger charge is 2.37. The van der Waals surface area contributed by atoms with Crippen molar-refractivity contribution in [1.29, 1.82) is 0 Å². The number of amides is 1. The number of aryl methyl sites for hydroxylation is 2. The van der Waals surface area contributed by atoms with Crippen LogP contribution < -0.4 is 10.7 Å². The lowest BCUT2D eigenvalue weighted by molar-refractivity contribution is -0.116. The minimum atomic E-state index is -0.367. The zero-order valence-corrected chi connectivity index (χ0v) is 17.4. The van der Waals surface area contributed by atoms with Crippen LogP contribution in [0.3, 0.4) is 0 Å². The second-order valence-corrected chi connectivity index (χ2v) is 8.15. The molecule has 6 nitrogen and oxygen atoms in total. The molecule has 0 aliphatic carbocycles. The van der Waals surface area contributed by atoms with Gasteiger partial charge in [0.15, 0.2) is 5.82 Å². The minimum absolute atomic E-state index is 0.0384. The summed E-state index contributed by atoms with van der Waals surface area (Å²) in [4.78, 5) is 13.3. The highest BCUT2D eigenvalue weighted by Crippen LogP contribution is 2.37. The first-order valence-corrected chi connectivity index (χ1v) is 10.9. The lowest BCUT2D eigenvalue weighted by atomic mass is 10.0. The molecule has 1 aliphatic rings. The van der Waals surface area contributed by atoms with Crippen molar-refractivity contribution in [3.63, 3.8) is 0 Å². The van der Waals surface area contributed by atoms with Gasteiger partial charge < -0.3 is 10.7 Å². The van der Waals surface area contributed by atoms with E-state index in [4.69, 9.17) is 0 Å². The maximum Gasteiger partial charge on any atom is 0.240 e. The first-order chi connectivity index (χ1) is 14.2. The van der Waals surface area contributed by atoms with Gasteiger partial charge in [0.2, 0.25) is 11.1 Å². The smallest absolute Gasteiger partial charge is 0.240 e. The number of anilines is 1. The van der Waals surface area contributed by atoms with Crippen molar-refractivity contribution in [2.45, 2.75) is 49.6 Å². The van der Waals surface area contributed by atoms with E-state index in [1.54, 1.807) is 0 Å². The Balaban J connectivity index is 1.66. The molecule has 0 spiro atoms. The number of nitrogens with zero attached hydrogens (tertiary/aromatic N) is 3. The molecule has 1 amide bonds. The fourth-order valence-electron chi connectivity index (χ4n) is 3.55. The Kier molecular flexibility index (Phi) is 5.85. The number of thioether (sulfide) groups is 1. The Morgan fingerprint density at radius 2 is 1.86 bits per heavy atom. The van der Waals surface area contributed by atoms with Crippen LogP contribution in [0.5, 0.6) is 0 Å². The van der Waals surface area contributed by atoms with Crippen LogP contribution in [0.1, 0.15) is 43.3 Å². The third-order valence-electron chi connectivity index (χ3n) is 5.05. The normalized spacial score (nSPS) is 18.0. The summed E-state index contributed by atoms with van der Waals surface area (Å²) < 4.78 is 1.94. The summed E-state index contributed by atoms with van der Waals surface area (Å²) in [5.74, 6) is 0.856. The van der Waals surface area contributed by atoms with E-state index in [1.165, 1.54) is 11.8 Å². The molecule has 0 saturated heterocycles. The molecule has 29 heavy (non-hydrogen) atoms. The third kappa shape index (κ3) is 4.00. The molecule has 2 aromatic carbocycles. The zero-order chi connectivity index (χ0) is 20.2. The maximum absolute atomic E-state index is 13.3. The van der Waals surface area contributed by atoms with Gasteiger partial charge in [-0.15, -0.1) is 10.2 Å². The van der Waals surface area contributed by atoms with E-state index in [0.29, 0.717) is 0 Å². The van der Waals surface area contributed by atoms with Gasteiger partial charge in [0, 0.05) is 12.1 Å². The van der Waals surface area contributed by atoms with Crippen molar-refractivity contribution < 1.29 is 4.79 Å². The van der Waals surface area contributed by atoms with Crippen LogP contribution in [0.25, 0.3) is 0 Å². The van der Waals surface area contributed by atoms with Crippen molar-refractivity contribution in [3.8, 4) is 0 Å². The molecule has 0 unspecified atom stereocenters. The first-order valence-electron chi connectivity index (χ1n) is 10.0. The Morgan fingerprint density at radius 3 is 2.62 bits per heavy atom. The lowest BCUT2D eigenvalue weighted by Crippen LogP contribution is -2.41. The van der Waals surface area contributed by atoms with Gasteiger partial charge in [-0.05, 0) is 30.0 Å². The van der Waals surface area contributed by atoms with Crippen LogP contribution in [0.4, 0.5) is 5.69 Å². The summed E-state index contributed by atoms with van der Waals surface area (Å²) >= 11 is 1.46. The van der Waals surface area contributed by atoms with Gasteiger partial charge in [-0.1, -0.05) is 74.1 Å². The monoisotopic (exact) mass is 407 g/mol. The van der Waals surface area contributed by atoms with Crippen molar-refractivity contribution in [3.05, 3.63) is 71.5 Å². The van der Waals surface area contributed by atoms with Crippen molar-refractivity contribution in [1.82, 2.24) is 14.9 Å². The van der Waals surface area contributed by atoms with Gasteiger partial charge in [-0.25, -0.2) is 4.68 Å². The SMILES string of the molecule is CCCc1nnc2n1N[C@@H](c1ccccc1)[C@@H](C(=O)Nc1ccccc1CC)S2. The number of benzene rings is 2. The van der Waals surface area contributed by atoms with E-state index in [-0.39, 0.29) is 17.2 Å². The largest absolute Gasteiger partial charge is 0.325 e. The van der Waals surface area contributed by atoms with E-state index in [0.717, 1.165) is 47.1 Å². The second kappa shape index (κ2) is 8.69. The summed E-state index contributed by atoms with van der Waals surface area (Å²) in [6, 6.07) is 17.8. The molecule has 4 rings (SSSR count). The van der Waals surface area contributed by atoms with E-state index in [1.807, 2.05) is 59.3 Å². The number of aromatic nitrogens is 3. The zero-order valence-electron chi connectivity index (χ0n) is 16.6. The molecule has 0 fully saturated rings. The predicted molar refractivity (Wildman–Crippen MR) is 117 cm³/mol. The molecule has 0 bridgehead atoms. The lowest BCUT2D eigenvalue weighted by Gasteiger charge is -2.33. The number of carbonyl (C=O) groups excluding carboxylic acids is 1. The van der Waals surface area contributed by atoms with E-state index in [2.05, 4.69) is 34.8 Å². The Labute approximate surface area is 175 Å². The highest BCUT2D eigenvalue weighted by atomic mass is 32.2. The molecule has 2 N–H and O–H groups in total. The molecule has 7 heteroatoms. The molecule has 2 atom stereocenters. The molecule has 2 heterocycles. The third-order valence-corrected chi connectivity index (χ3v) is 6.27. The molecular weight excluding hydrogens is 382 g/mol. The Hall–Kier alpha value is -2.80. The second-order valence-electron chi connectivity index (χ2n) is 7.04. The number of hydrogen-bond acceptors (Lipinski definition) is 5. The van der Waals surface area contributed by atoms with Gasteiger partial charge in [0.05, 0.1) is 6.04 Å². The van der Waals surface area contributed by atoms with Crippen LogP contribution in [0, 0.1) is 0 Å². The average molecular weight is 408 g/mol. The minimum Gasteiger partial charge on any atom is -0.325 e. The molecule has 1 aliphatic heterocycles. The quantitative estimate of drug-likeness (QED) is 0.641. The maximum atomic E-state index is 13.3. The summed E-state index contributed by atoms with van der Waals surface area (Å²) in [7, 11) is 0. The number of hydrogen-bond donors (Lipinski definition) is 2. The fraction of sp³-hybridized carbons (Fsp3) is 0.318. The summed E-state index contributed by atoms with van der Waals surface area (Å²) in [6.45, 7) is 4.21. The van der Waals surface area contributed by atoms with Crippen LogP contribution in [0.2, 0.25) is 0 Å². The van der Waals surface area contributed by atoms with Gasteiger partial charge in [-0.2, -0.15) is 0 Å². The Bertz CT molecular complexity index is 988. The number of carbonyl (C=O) groups is 1. The van der Waals surface area contributed by atoms with Crippen LogP contribution in [-0.2, 0) is 17.6 Å². The van der Waals surface area contributed by atoms with Crippen LogP contribution >= 0.6 is 11.8 Å². The highest BCUT2D eigenvalue weighted by molar-refractivity contribution is 8.00. The average Bonchev–Trinajstić information content (AvgIpc) is 3.16. The fourth-order valence-corrected chi connectivity index (χ4v) is 4.65. The van der Waals surface area contributed by atoms with Crippen LogP contribution in [-0.4, -0.2) is 26.0 Å². The molecule has 3 aromatic rings. The molecular formula is C22H25N5OS. The summed E-state index contributed by atoms with van der Waals surface area (Å²) in [5, 5.41) is 12.1. The summed E-state index contributed by atoms with van der Waals surface area (Å²) in [6.07, 6.45) is 2.68. The number of rotatable bonds is 6. The number of para-hydroxylation sites is 1. The van der Waals surface area contributed by atoms with E-state index < -0.39 is 0 Å². The molecule has 0 radical (unpaired) electrons. The topological polar surface area (TPSA) is 71.8 Å². The number of fused-ring (bicyclic) bond motifs is 1. The predicted octanol–water partition coefficient (Wildman–Crippen LogP) is 4.19. The molecule has 150 valence electrons. The standard InChI is InChI=1S/C22H25N5OS/c1-3-10-18-24-25-22-27(18)26-19(16-12-6-5-7-13-16)20(29-22)21(28)23-17-14-9-8-11-15(17)4-2/h5-9,11-14,19-20,26H,3-4,10H2,1-2H3,(H,23,28)/t19-,20-/m0/s1. The van der Waals surface area contributed by atoms with E-state index in [9.17, 15) is 4.79 Å². The van der Waals surface area contributed by atoms with Crippen molar-refractivity contribution >= 4 is 23.4 Å². The van der Waals surface area contributed by atoms with Gasteiger partial charge in [0.25, 0.3) is 0 Å². The Morgan fingerprint density at radius 1 is 1.10 bits per heavy atom. The van der Waals surface area contributed by atoms with Gasteiger partial charge in [0.1, 0.15) is 5.25 Å².